The van der Waals surface area contributed by atoms with E-state index in [9.17, 15) is 9.59 Å². The van der Waals surface area contributed by atoms with Crippen LogP contribution in [0.25, 0.3) is 21.9 Å². The molecule has 0 unspecified atom stereocenters. The second kappa shape index (κ2) is 6.31. The van der Waals surface area contributed by atoms with Crippen LogP contribution in [0, 0.1) is 6.92 Å². The van der Waals surface area contributed by atoms with Crippen LogP contribution in [0.4, 0.5) is 5.69 Å². The van der Waals surface area contributed by atoms with E-state index in [1.165, 1.54) is 10.9 Å². The number of nitrogens with one attached hydrogen (secondary N) is 1. The summed E-state index contributed by atoms with van der Waals surface area (Å²) in [5.74, 6) is -0.258. The molecule has 2 aromatic carbocycles. The maximum absolute atomic E-state index is 12.4. The number of amides is 1. The highest BCUT2D eigenvalue weighted by molar-refractivity contribution is 6.30. The summed E-state index contributed by atoms with van der Waals surface area (Å²) in [6.45, 7) is 1.92. The van der Waals surface area contributed by atoms with E-state index < -0.39 is 5.63 Å². The molecule has 4 aromatic rings. The van der Waals surface area contributed by atoms with Gasteiger partial charge in [-0.2, -0.15) is 5.10 Å². The Balaban J connectivity index is 1.73. The second-order valence-electron chi connectivity index (χ2n) is 6.01. The average molecular weight is 368 g/mol. The van der Waals surface area contributed by atoms with Crippen LogP contribution in [0.3, 0.4) is 0 Å². The summed E-state index contributed by atoms with van der Waals surface area (Å²) in [6.07, 6.45) is 1.43. The van der Waals surface area contributed by atoms with Gasteiger partial charge in [0.05, 0.1) is 11.7 Å². The molecule has 130 valence electrons. The molecular weight excluding hydrogens is 354 g/mol. The Morgan fingerprint density at radius 3 is 2.73 bits per heavy atom. The SMILES string of the molecule is Cc1ccc2oc(=O)c3cnn(CC(=O)Nc4ccc(Cl)cc4)c3c2c1. The number of benzene rings is 2. The van der Waals surface area contributed by atoms with Crippen molar-refractivity contribution in [1.29, 1.82) is 0 Å². The number of halogens is 1. The number of hydrogen-bond acceptors (Lipinski definition) is 4. The van der Waals surface area contributed by atoms with Crippen LogP contribution in [-0.2, 0) is 11.3 Å². The first-order valence-electron chi connectivity index (χ1n) is 7.96. The van der Waals surface area contributed by atoms with Crippen LogP contribution < -0.4 is 10.9 Å². The molecule has 0 aliphatic carbocycles. The van der Waals surface area contributed by atoms with E-state index in [0.717, 1.165) is 10.9 Å². The molecule has 6 nitrogen and oxygen atoms in total. The van der Waals surface area contributed by atoms with Crippen LogP contribution in [0.1, 0.15) is 5.56 Å². The number of anilines is 1. The maximum Gasteiger partial charge on any atom is 0.347 e. The minimum absolute atomic E-state index is 0.0291. The lowest BCUT2D eigenvalue weighted by molar-refractivity contribution is -0.116. The van der Waals surface area contributed by atoms with Crippen LogP contribution in [-0.4, -0.2) is 15.7 Å². The fraction of sp³-hybridized carbons (Fsp3) is 0.105. The Morgan fingerprint density at radius 2 is 1.96 bits per heavy atom. The van der Waals surface area contributed by atoms with Crippen molar-refractivity contribution in [2.24, 2.45) is 0 Å². The van der Waals surface area contributed by atoms with E-state index in [4.69, 9.17) is 16.0 Å². The molecule has 0 aliphatic heterocycles. The molecule has 1 N–H and O–H groups in total. The lowest BCUT2D eigenvalue weighted by Crippen LogP contribution is -2.19. The van der Waals surface area contributed by atoms with Crippen LogP contribution >= 0.6 is 11.6 Å². The smallest absolute Gasteiger partial charge is 0.347 e. The van der Waals surface area contributed by atoms with E-state index in [1.54, 1.807) is 30.3 Å². The normalized spacial score (nSPS) is 11.2. The quantitative estimate of drug-likeness (QED) is 0.559. The molecule has 0 radical (unpaired) electrons. The standard InChI is InChI=1S/C19H14ClN3O3/c1-11-2-7-16-14(8-11)18-15(19(25)26-16)9-21-23(18)10-17(24)22-13-5-3-12(20)4-6-13/h2-9H,10H2,1H3,(H,22,24). The number of nitrogens with zero attached hydrogens (tertiary/aromatic N) is 2. The van der Waals surface area contributed by atoms with E-state index in [1.807, 2.05) is 19.1 Å². The van der Waals surface area contributed by atoms with Gasteiger partial charge in [0.2, 0.25) is 5.91 Å². The fourth-order valence-electron chi connectivity index (χ4n) is 2.88. The highest BCUT2D eigenvalue weighted by Crippen LogP contribution is 2.24. The number of hydrogen-bond donors (Lipinski definition) is 1. The predicted molar refractivity (Wildman–Crippen MR) is 101 cm³/mol. The molecule has 0 fully saturated rings. The third-order valence-electron chi connectivity index (χ3n) is 4.07. The molecule has 7 heteroatoms. The summed E-state index contributed by atoms with van der Waals surface area (Å²) in [4.78, 5) is 24.6. The highest BCUT2D eigenvalue weighted by Gasteiger charge is 2.15. The van der Waals surface area contributed by atoms with Crippen LogP contribution in [0.15, 0.2) is 57.9 Å². The summed E-state index contributed by atoms with van der Waals surface area (Å²) in [5, 5.41) is 8.68. The third-order valence-corrected chi connectivity index (χ3v) is 4.33. The molecule has 1 amide bonds. The number of aromatic nitrogens is 2. The topological polar surface area (TPSA) is 77.1 Å². The number of rotatable bonds is 3. The first-order valence-corrected chi connectivity index (χ1v) is 8.33. The van der Waals surface area contributed by atoms with Gasteiger partial charge in [0.15, 0.2) is 0 Å². The summed E-state index contributed by atoms with van der Waals surface area (Å²) in [7, 11) is 0. The van der Waals surface area contributed by atoms with Gasteiger partial charge in [-0.1, -0.05) is 23.2 Å². The molecule has 0 aliphatic rings. The highest BCUT2D eigenvalue weighted by atomic mass is 35.5. The molecule has 2 aromatic heterocycles. The van der Waals surface area contributed by atoms with Gasteiger partial charge in [0.1, 0.15) is 17.5 Å². The molecule has 0 spiro atoms. The Labute approximate surface area is 153 Å². The lowest BCUT2D eigenvalue weighted by atomic mass is 10.1. The Morgan fingerprint density at radius 1 is 1.19 bits per heavy atom. The van der Waals surface area contributed by atoms with E-state index in [-0.39, 0.29) is 12.5 Å². The van der Waals surface area contributed by atoms with Crippen molar-refractivity contribution in [1.82, 2.24) is 9.78 Å². The summed E-state index contributed by atoms with van der Waals surface area (Å²) < 4.78 is 6.85. The van der Waals surface area contributed by atoms with E-state index in [0.29, 0.717) is 27.2 Å². The maximum atomic E-state index is 12.4. The van der Waals surface area contributed by atoms with Crippen molar-refractivity contribution in [3.63, 3.8) is 0 Å². The Bertz CT molecular complexity index is 1190. The average Bonchev–Trinajstić information content (AvgIpc) is 3.02. The van der Waals surface area contributed by atoms with Crippen molar-refractivity contribution in [2.75, 3.05) is 5.32 Å². The molecule has 2 heterocycles. The first kappa shape index (κ1) is 16.4. The summed E-state index contributed by atoms with van der Waals surface area (Å²) in [5.41, 5.74) is 2.24. The summed E-state index contributed by atoms with van der Waals surface area (Å²) >= 11 is 5.85. The van der Waals surface area contributed by atoms with Crippen molar-refractivity contribution >= 4 is 45.1 Å². The zero-order valence-electron chi connectivity index (χ0n) is 13.8. The summed E-state index contributed by atoms with van der Waals surface area (Å²) in [6, 6.07) is 12.4. The van der Waals surface area contributed by atoms with Crippen molar-refractivity contribution in [2.45, 2.75) is 13.5 Å². The van der Waals surface area contributed by atoms with Gasteiger partial charge in [0.25, 0.3) is 0 Å². The van der Waals surface area contributed by atoms with Gasteiger partial charge < -0.3 is 9.73 Å². The van der Waals surface area contributed by atoms with Crippen LogP contribution in [0.5, 0.6) is 0 Å². The zero-order valence-corrected chi connectivity index (χ0v) is 14.6. The number of fused-ring (bicyclic) bond motifs is 3. The minimum Gasteiger partial charge on any atom is -0.422 e. The van der Waals surface area contributed by atoms with Crippen LogP contribution in [0.2, 0.25) is 5.02 Å². The molecule has 0 saturated heterocycles. The van der Waals surface area contributed by atoms with Gasteiger partial charge in [-0.05, 0) is 43.3 Å². The Kier molecular flexibility index (Phi) is 3.97. The monoisotopic (exact) mass is 367 g/mol. The minimum atomic E-state index is -0.472. The Hall–Kier alpha value is -3.12. The van der Waals surface area contributed by atoms with Gasteiger partial charge in [-0.15, -0.1) is 0 Å². The molecule has 0 bridgehead atoms. The number of carbonyl (C=O) groups excluding carboxylic acids is 1. The van der Waals surface area contributed by atoms with Gasteiger partial charge in [-0.3, -0.25) is 9.48 Å². The van der Waals surface area contributed by atoms with E-state index >= 15 is 0 Å². The third kappa shape index (κ3) is 2.95. The predicted octanol–water partition coefficient (Wildman–Crippen LogP) is 3.74. The number of aryl methyl sites for hydroxylation is 1. The van der Waals surface area contributed by atoms with Crippen molar-refractivity contribution in [3.8, 4) is 0 Å². The molecule has 0 saturated carbocycles. The largest absolute Gasteiger partial charge is 0.422 e. The second-order valence-corrected chi connectivity index (χ2v) is 6.45. The number of carbonyl (C=O) groups is 1. The van der Waals surface area contributed by atoms with E-state index in [2.05, 4.69) is 10.4 Å². The van der Waals surface area contributed by atoms with Gasteiger partial charge in [0, 0.05) is 16.1 Å². The molecule has 0 atom stereocenters. The molecular formula is C19H14ClN3O3. The fourth-order valence-corrected chi connectivity index (χ4v) is 3.01. The van der Waals surface area contributed by atoms with Crippen molar-refractivity contribution in [3.05, 3.63) is 69.7 Å². The lowest BCUT2D eigenvalue weighted by Gasteiger charge is -2.08. The first-order chi connectivity index (χ1) is 12.5. The van der Waals surface area contributed by atoms with Gasteiger partial charge >= 0.3 is 5.63 Å². The van der Waals surface area contributed by atoms with Crippen molar-refractivity contribution < 1.29 is 9.21 Å². The molecule has 4 rings (SSSR count). The molecule has 26 heavy (non-hydrogen) atoms. The zero-order chi connectivity index (χ0) is 18.3. The van der Waals surface area contributed by atoms with Gasteiger partial charge in [-0.25, -0.2) is 4.79 Å².